The first-order valence-corrected chi connectivity index (χ1v) is 17.4. The van der Waals surface area contributed by atoms with Crippen molar-refractivity contribution in [3.8, 4) is 27.9 Å². The molecule has 51 heavy (non-hydrogen) atoms. The van der Waals surface area contributed by atoms with Crippen LogP contribution in [0.1, 0.15) is 0 Å². The number of para-hydroxylation sites is 7. The van der Waals surface area contributed by atoms with E-state index in [1.807, 2.05) is 12.1 Å². The van der Waals surface area contributed by atoms with Gasteiger partial charge in [-0.05, 0) is 60.2 Å². The summed E-state index contributed by atoms with van der Waals surface area (Å²) >= 11 is 0. The van der Waals surface area contributed by atoms with Gasteiger partial charge in [-0.2, -0.15) is 0 Å². The molecule has 0 saturated carbocycles. The van der Waals surface area contributed by atoms with Crippen LogP contribution >= 0.6 is 0 Å². The molecule has 10 aromatic rings. The summed E-state index contributed by atoms with van der Waals surface area (Å²) in [5.74, 6) is 0. The molecule has 0 unspecified atom stereocenters. The second kappa shape index (κ2) is 11.9. The second-order valence-electron chi connectivity index (χ2n) is 12.9. The van der Waals surface area contributed by atoms with Gasteiger partial charge in [0.25, 0.3) is 0 Å². The van der Waals surface area contributed by atoms with E-state index in [2.05, 4.69) is 191 Å². The molecule has 0 saturated heterocycles. The third-order valence-corrected chi connectivity index (χ3v) is 9.99. The molecule has 0 aliphatic heterocycles. The molecule has 8 aromatic carbocycles. The quantitative estimate of drug-likeness (QED) is 0.178. The van der Waals surface area contributed by atoms with E-state index >= 15 is 0 Å². The van der Waals surface area contributed by atoms with E-state index in [-0.39, 0.29) is 0 Å². The zero-order valence-electron chi connectivity index (χ0n) is 27.8. The monoisotopic (exact) mass is 652 g/mol. The van der Waals surface area contributed by atoms with Crippen molar-refractivity contribution in [3.63, 3.8) is 0 Å². The van der Waals surface area contributed by atoms with Crippen molar-refractivity contribution < 1.29 is 4.42 Å². The summed E-state index contributed by atoms with van der Waals surface area (Å²) in [5, 5.41) is 4.75. The average molecular weight is 653 g/mol. The topological polar surface area (TPSA) is 21.3 Å². The first-order chi connectivity index (χ1) is 25.3. The largest absolute Gasteiger partial charge is 0.455 e. The van der Waals surface area contributed by atoms with E-state index < -0.39 is 0 Å². The smallest absolute Gasteiger partial charge is 0.143 e. The van der Waals surface area contributed by atoms with Gasteiger partial charge in [0.05, 0.1) is 22.4 Å². The Morgan fingerprint density at radius 1 is 0.392 bits per heavy atom. The lowest BCUT2D eigenvalue weighted by molar-refractivity contribution is 0.670. The summed E-state index contributed by atoms with van der Waals surface area (Å²) in [5.41, 5.74) is 13.0. The van der Waals surface area contributed by atoms with Crippen LogP contribution in [0.2, 0.25) is 0 Å². The van der Waals surface area contributed by atoms with Crippen LogP contribution in [-0.4, -0.2) is 4.57 Å². The van der Waals surface area contributed by atoms with E-state index in [9.17, 15) is 0 Å². The van der Waals surface area contributed by atoms with Gasteiger partial charge in [-0.1, -0.05) is 140 Å². The summed E-state index contributed by atoms with van der Waals surface area (Å²) in [6.07, 6.45) is 0. The molecule has 3 heteroatoms. The second-order valence-corrected chi connectivity index (χ2v) is 12.9. The fourth-order valence-electron chi connectivity index (χ4n) is 7.77. The fraction of sp³-hybridized carbons (Fsp3) is 0. The normalized spacial score (nSPS) is 11.5. The molecular weight excluding hydrogens is 621 g/mol. The summed E-state index contributed by atoms with van der Waals surface area (Å²) in [4.78, 5) is 2.38. The number of aromatic nitrogens is 1. The van der Waals surface area contributed by atoms with Gasteiger partial charge in [-0.25, -0.2) is 0 Å². The summed E-state index contributed by atoms with van der Waals surface area (Å²) in [6.45, 7) is 0. The Bertz CT molecular complexity index is 2830. The molecule has 3 nitrogen and oxygen atoms in total. The molecule has 0 aliphatic carbocycles. The van der Waals surface area contributed by atoms with Crippen molar-refractivity contribution in [2.45, 2.75) is 0 Å². The predicted octanol–water partition coefficient (Wildman–Crippen LogP) is 13.5. The van der Waals surface area contributed by atoms with Gasteiger partial charge in [-0.3, -0.25) is 0 Å². The Labute approximate surface area is 295 Å². The molecule has 0 spiro atoms. The predicted molar refractivity (Wildman–Crippen MR) is 214 cm³/mol. The molecule has 2 heterocycles. The number of rotatable bonds is 6. The van der Waals surface area contributed by atoms with Gasteiger partial charge in [-0.15, -0.1) is 0 Å². The third kappa shape index (κ3) is 4.74. The van der Waals surface area contributed by atoms with Gasteiger partial charge in [0, 0.05) is 49.6 Å². The fourth-order valence-corrected chi connectivity index (χ4v) is 7.77. The molecule has 0 aliphatic rings. The third-order valence-electron chi connectivity index (χ3n) is 9.99. The van der Waals surface area contributed by atoms with Crippen molar-refractivity contribution in [3.05, 3.63) is 194 Å². The number of hydrogen-bond donors (Lipinski definition) is 0. The molecule has 0 amide bonds. The highest BCUT2D eigenvalue weighted by Crippen LogP contribution is 2.45. The molecule has 0 bridgehead atoms. The van der Waals surface area contributed by atoms with E-state index in [1.54, 1.807) is 0 Å². The molecule has 0 atom stereocenters. The molecular formula is C48H32N2O. The number of fused-ring (bicyclic) bond motifs is 6. The average Bonchev–Trinajstić information content (AvgIpc) is 3.75. The van der Waals surface area contributed by atoms with Crippen LogP contribution in [0.5, 0.6) is 0 Å². The van der Waals surface area contributed by atoms with Gasteiger partial charge >= 0.3 is 0 Å². The number of benzene rings is 8. The number of anilines is 3. The lowest BCUT2D eigenvalue weighted by Gasteiger charge is -2.29. The number of furan rings is 1. The zero-order valence-corrected chi connectivity index (χ0v) is 27.8. The molecule has 0 fully saturated rings. The Morgan fingerprint density at radius 3 is 1.76 bits per heavy atom. The van der Waals surface area contributed by atoms with Crippen molar-refractivity contribution in [1.29, 1.82) is 0 Å². The van der Waals surface area contributed by atoms with E-state index in [1.165, 1.54) is 21.8 Å². The first-order valence-electron chi connectivity index (χ1n) is 17.4. The van der Waals surface area contributed by atoms with Crippen LogP contribution in [-0.2, 0) is 0 Å². The van der Waals surface area contributed by atoms with Gasteiger partial charge in [0.15, 0.2) is 0 Å². The van der Waals surface area contributed by atoms with E-state index in [0.29, 0.717) is 0 Å². The highest BCUT2D eigenvalue weighted by molar-refractivity contribution is 6.11. The van der Waals surface area contributed by atoms with Crippen LogP contribution in [0.4, 0.5) is 17.1 Å². The highest BCUT2D eigenvalue weighted by Gasteiger charge is 2.21. The molecule has 0 radical (unpaired) electrons. The SMILES string of the molecule is c1ccc(N(c2cccc(-c3cccc4c3oc3ccccc34)c2)c2ccccc2-c2ccccc2-n2c3ccccc3c3ccccc32)cc1. The minimum absolute atomic E-state index is 0.901. The molecule has 0 N–H and O–H groups in total. The number of nitrogens with zero attached hydrogens (tertiary/aromatic N) is 2. The summed E-state index contributed by atoms with van der Waals surface area (Å²) in [7, 11) is 0. The van der Waals surface area contributed by atoms with Crippen molar-refractivity contribution in [2.75, 3.05) is 4.90 Å². The van der Waals surface area contributed by atoms with Gasteiger partial charge < -0.3 is 13.9 Å². The Hall–Kier alpha value is -6.84. The molecule has 240 valence electrons. The lowest BCUT2D eigenvalue weighted by atomic mass is 9.98. The Morgan fingerprint density at radius 2 is 0.961 bits per heavy atom. The standard InChI is InChI=1S/C48H32N2O/c1-2-17-34(18-3-1)49(35-19-14-16-33(32-35)36-25-15-26-42-41-24-8-13-31-47(41)51-48(36)42)43-27-9-4-20-37(43)38-21-5-10-28-44(38)50-45-29-11-6-22-39(45)40-23-7-12-30-46(40)50/h1-32H. The first kappa shape index (κ1) is 29.1. The maximum Gasteiger partial charge on any atom is 0.143 e. The Kier molecular flexibility index (Phi) is 6.81. The maximum atomic E-state index is 6.48. The summed E-state index contributed by atoms with van der Waals surface area (Å²) in [6, 6.07) is 69.1. The summed E-state index contributed by atoms with van der Waals surface area (Å²) < 4.78 is 8.89. The van der Waals surface area contributed by atoms with Crippen LogP contribution in [0, 0.1) is 0 Å². The highest BCUT2D eigenvalue weighted by atomic mass is 16.3. The van der Waals surface area contributed by atoms with Crippen LogP contribution in [0.3, 0.4) is 0 Å². The van der Waals surface area contributed by atoms with Crippen molar-refractivity contribution >= 4 is 60.8 Å². The van der Waals surface area contributed by atoms with Gasteiger partial charge in [0.1, 0.15) is 11.2 Å². The van der Waals surface area contributed by atoms with Crippen LogP contribution in [0.25, 0.3) is 71.7 Å². The van der Waals surface area contributed by atoms with Crippen molar-refractivity contribution in [1.82, 2.24) is 4.57 Å². The molecule has 10 rings (SSSR count). The zero-order chi connectivity index (χ0) is 33.7. The minimum Gasteiger partial charge on any atom is -0.455 e. The van der Waals surface area contributed by atoms with E-state index in [4.69, 9.17) is 4.42 Å². The van der Waals surface area contributed by atoms with E-state index in [0.717, 1.165) is 66.9 Å². The van der Waals surface area contributed by atoms with Crippen LogP contribution in [0.15, 0.2) is 199 Å². The van der Waals surface area contributed by atoms with Crippen LogP contribution < -0.4 is 4.90 Å². The Balaban J connectivity index is 1.18. The van der Waals surface area contributed by atoms with Crippen molar-refractivity contribution in [2.24, 2.45) is 0 Å². The molecule has 2 aromatic heterocycles. The maximum absolute atomic E-state index is 6.48. The minimum atomic E-state index is 0.901. The number of hydrogen-bond acceptors (Lipinski definition) is 2. The lowest BCUT2D eigenvalue weighted by Crippen LogP contribution is -2.11. The van der Waals surface area contributed by atoms with Gasteiger partial charge in [0.2, 0.25) is 0 Å².